The third-order valence-electron chi connectivity index (χ3n) is 3.53. The van der Waals surface area contributed by atoms with Crippen molar-refractivity contribution >= 4 is 26.7 Å². The molecule has 0 unspecified atom stereocenters. The normalized spacial score (nSPS) is 11.0. The summed E-state index contributed by atoms with van der Waals surface area (Å²) in [6, 6.07) is 22.1. The second-order valence-corrected chi connectivity index (χ2v) is 5.81. The Morgan fingerprint density at radius 1 is 0.727 bits per heavy atom. The first kappa shape index (κ1) is 13.2. The molecule has 1 heterocycles. The van der Waals surface area contributed by atoms with Gasteiger partial charge in [0.25, 0.3) is 0 Å². The molecule has 3 aromatic carbocycles. The largest absolute Gasteiger partial charge is 0.416 e. The lowest BCUT2D eigenvalue weighted by atomic mass is 10.1. The molecule has 0 atom stereocenters. The van der Waals surface area contributed by atoms with E-state index in [0.29, 0.717) is 11.8 Å². The number of rotatable bonds is 2. The molecular formula is C18H11BrN2O. The number of hydrogen-bond donors (Lipinski definition) is 0. The lowest BCUT2D eigenvalue weighted by Crippen LogP contribution is -1.79. The number of fused-ring (bicyclic) bond motifs is 1. The SMILES string of the molecule is Brc1ccccc1-c1nnc(-c2ccc3ccccc3c2)o1. The van der Waals surface area contributed by atoms with Crippen LogP contribution in [-0.2, 0) is 0 Å². The third-order valence-corrected chi connectivity index (χ3v) is 4.22. The van der Waals surface area contributed by atoms with Crippen LogP contribution in [0.15, 0.2) is 75.6 Å². The van der Waals surface area contributed by atoms with Crippen LogP contribution in [0, 0.1) is 0 Å². The first-order valence-electron chi connectivity index (χ1n) is 6.89. The Balaban J connectivity index is 1.78. The van der Waals surface area contributed by atoms with Gasteiger partial charge in [0, 0.05) is 10.0 Å². The summed E-state index contributed by atoms with van der Waals surface area (Å²) >= 11 is 3.50. The summed E-state index contributed by atoms with van der Waals surface area (Å²) < 4.78 is 6.77. The molecule has 106 valence electrons. The predicted octanol–water partition coefficient (Wildman–Crippen LogP) is 5.32. The first-order chi connectivity index (χ1) is 10.8. The quantitative estimate of drug-likeness (QED) is 0.491. The van der Waals surface area contributed by atoms with Crippen LogP contribution in [0.4, 0.5) is 0 Å². The van der Waals surface area contributed by atoms with E-state index in [1.54, 1.807) is 0 Å². The van der Waals surface area contributed by atoms with Gasteiger partial charge in [-0.15, -0.1) is 10.2 Å². The van der Waals surface area contributed by atoms with E-state index in [1.807, 2.05) is 42.5 Å². The molecule has 4 aromatic rings. The summed E-state index contributed by atoms with van der Waals surface area (Å²) in [6.07, 6.45) is 0. The molecule has 0 bridgehead atoms. The standard InChI is InChI=1S/C18H11BrN2O/c19-16-8-4-3-7-15(16)18-21-20-17(22-18)14-10-9-12-5-1-2-6-13(12)11-14/h1-11H. The Hall–Kier alpha value is -2.46. The maximum absolute atomic E-state index is 5.83. The Bertz CT molecular complexity index is 962. The van der Waals surface area contributed by atoms with Crippen molar-refractivity contribution in [1.82, 2.24) is 10.2 Å². The number of nitrogens with zero attached hydrogens (tertiary/aromatic N) is 2. The maximum atomic E-state index is 5.83. The summed E-state index contributed by atoms with van der Waals surface area (Å²) in [4.78, 5) is 0. The predicted molar refractivity (Wildman–Crippen MR) is 90.4 cm³/mol. The van der Waals surface area contributed by atoms with Gasteiger partial charge >= 0.3 is 0 Å². The first-order valence-corrected chi connectivity index (χ1v) is 7.68. The molecule has 4 rings (SSSR count). The van der Waals surface area contributed by atoms with E-state index in [4.69, 9.17) is 4.42 Å². The molecule has 4 heteroatoms. The molecule has 3 nitrogen and oxygen atoms in total. The van der Waals surface area contributed by atoms with Gasteiger partial charge < -0.3 is 4.42 Å². The minimum atomic E-state index is 0.510. The van der Waals surface area contributed by atoms with E-state index in [0.717, 1.165) is 21.0 Å². The van der Waals surface area contributed by atoms with E-state index in [-0.39, 0.29) is 0 Å². The molecule has 0 saturated heterocycles. The third kappa shape index (κ3) is 2.31. The van der Waals surface area contributed by atoms with Crippen LogP contribution in [0.3, 0.4) is 0 Å². The minimum absolute atomic E-state index is 0.510. The van der Waals surface area contributed by atoms with Gasteiger partial charge in [-0.05, 0) is 51.0 Å². The molecule has 1 aromatic heterocycles. The fraction of sp³-hybridized carbons (Fsp3) is 0. The fourth-order valence-electron chi connectivity index (χ4n) is 2.41. The Labute approximate surface area is 135 Å². The lowest BCUT2D eigenvalue weighted by molar-refractivity contribution is 0.584. The summed E-state index contributed by atoms with van der Waals surface area (Å²) in [5.41, 5.74) is 1.81. The van der Waals surface area contributed by atoms with Gasteiger partial charge in [0.05, 0.1) is 5.56 Å². The highest BCUT2D eigenvalue weighted by Crippen LogP contribution is 2.30. The average molecular weight is 351 g/mol. The minimum Gasteiger partial charge on any atom is -0.416 e. The van der Waals surface area contributed by atoms with Crippen molar-refractivity contribution in [2.45, 2.75) is 0 Å². The zero-order chi connectivity index (χ0) is 14.9. The van der Waals surface area contributed by atoms with Crippen LogP contribution >= 0.6 is 15.9 Å². The van der Waals surface area contributed by atoms with Crippen molar-refractivity contribution in [3.8, 4) is 22.9 Å². The van der Waals surface area contributed by atoms with E-state index in [1.165, 1.54) is 5.39 Å². The number of halogens is 1. The Morgan fingerprint density at radius 2 is 1.45 bits per heavy atom. The Morgan fingerprint density at radius 3 is 2.32 bits per heavy atom. The zero-order valence-corrected chi connectivity index (χ0v) is 13.1. The number of benzene rings is 3. The van der Waals surface area contributed by atoms with Gasteiger partial charge in [-0.2, -0.15) is 0 Å². The van der Waals surface area contributed by atoms with Gasteiger partial charge in [-0.3, -0.25) is 0 Å². The van der Waals surface area contributed by atoms with E-state index in [9.17, 15) is 0 Å². The molecule has 0 N–H and O–H groups in total. The van der Waals surface area contributed by atoms with Gasteiger partial charge in [0.1, 0.15) is 0 Å². The highest BCUT2D eigenvalue weighted by atomic mass is 79.9. The fourth-order valence-corrected chi connectivity index (χ4v) is 2.86. The molecule has 0 spiro atoms. The molecule has 0 aliphatic carbocycles. The Kier molecular flexibility index (Phi) is 3.24. The average Bonchev–Trinajstić information content (AvgIpc) is 3.04. The summed E-state index contributed by atoms with van der Waals surface area (Å²) in [7, 11) is 0. The van der Waals surface area contributed by atoms with Crippen LogP contribution in [-0.4, -0.2) is 10.2 Å². The summed E-state index contributed by atoms with van der Waals surface area (Å²) in [5.74, 6) is 1.03. The highest BCUT2D eigenvalue weighted by Gasteiger charge is 2.12. The molecule has 0 aliphatic heterocycles. The van der Waals surface area contributed by atoms with Crippen LogP contribution in [0.25, 0.3) is 33.7 Å². The highest BCUT2D eigenvalue weighted by molar-refractivity contribution is 9.10. The monoisotopic (exact) mass is 350 g/mol. The number of hydrogen-bond acceptors (Lipinski definition) is 3. The maximum Gasteiger partial charge on any atom is 0.249 e. The topological polar surface area (TPSA) is 38.9 Å². The molecule has 0 amide bonds. The molecule has 22 heavy (non-hydrogen) atoms. The van der Waals surface area contributed by atoms with E-state index >= 15 is 0 Å². The van der Waals surface area contributed by atoms with Crippen LogP contribution in [0.5, 0.6) is 0 Å². The van der Waals surface area contributed by atoms with Crippen molar-refractivity contribution in [1.29, 1.82) is 0 Å². The second-order valence-electron chi connectivity index (χ2n) is 4.95. The van der Waals surface area contributed by atoms with Crippen LogP contribution < -0.4 is 0 Å². The van der Waals surface area contributed by atoms with Crippen LogP contribution in [0.1, 0.15) is 0 Å². The molecule has 0 radical (unpaired) electrons. The van der Waals surface area contributed by atoms with Gasteiger partial charge in [-0.25, -0.2) is 0 Å². The molecular weight excluding hydrogens is 340 g/mol. The van der Waals surface area contributed by atoms with Crippen molar-refractivity contribution in [3.05, 3.63) is 71.2 Å². The van der Waals surface area contributed by atoms with Gasteiger partial charge in [0.2, 0.25) is 11.8 Å². The smallest absolute Gasteiger partial charge is 0.249 e. The van der Waals surface area contributed by atoms with E-state index < -0.39 is 0 Å². The molecule has 0 aliphatic rings. The summed E-state index contributed by atoms with van der Waals surface area (Å²) in [5, 5.41) is 10.7. The van der Waals surface area contributed by atoms with Crippen molar-refractivity contribution in [2.75, 3.05) is 0 Å². The lowest BCUT2D eigenvalue weighted by Gasteiger charge is -2.00. The van der Waals surface area contributed by atoms with Gasteiger partial charge in [0.15, 0.2) is 0 Å². The van der Waals surface area contributed by atoms with Crippen LogP contribution in [0.2, 0.25) is 0 Å². The van der Waals surface area contributed by atoms with Crippen molar-refractivity contribution < 1.29 is 4.42 Å². The van der Waals surface area contributed by atoms with E-state index in [2.05, 4.69) is 50.4 Å². The van der Waals surface area contributed by atoms with Crippen molar-refractivity contribution in [3.63, 3.8) is 0 Å². The summed E-state index contributed by atoms with van der Waals surface area (Å²) in [6.45, 7) is 0. The second kappa shape index (κ2) is 5.39. The molecule has 0 saturated carbocycles. The molecule has 0 fully saturated rings. The number of aromatic nitrogens is 2. The van der Waals surface area contributed by atoms with Gasteiger partial charge in [-0.1, -0.05) is 42.5 Å². The zero-order valence-electron chi connectivity index (χ0n) is 11.5. The van der Waals surface area contributed by atoms with Crippen molar-refractivity contribution in [2.24, 2.45) is 0 Å².